The van der Waals surface area contributed by atoms with Crippen molar-refractivity contribution in [2.75, 3.05) is 0 Å². The first-order valence-electron chi connectivity index (χ1n) is 5.30. The second kappa shape index (κ2) is 4.81. The highest BCUT2D eigenvalue weighted by molar-refractivity contribution is 5.93. The van der Waals surface area contributed by atoms with Crippen LogP contribution in [0.3, 0.4) is 0 Å². The average Bonchev–Trinajstić information content (AvgIpc) is 2.27. The van der Waals surface area contributed by atoms with Crippen LogP contribution in [0.15, 0.2) is 47.2 Å². The minimum absolute atomic E-state index is 0.344. The molecule has 1 unspecified atom stereocenters. The molecule has 0 aliphatic carbocycles. The lowest BCUT2D eigenvalue weighted by Crippen LogP contribution is -2.42. The fourth-order valence-corrected chi connectivity index (χ4v) is 1.59. The van der Waals surface area contributed by atoms with Gasteiger partial charge < -0.3 is 10.6 Å². The molecule has 1 atom stereocenters. The van der Waals surface area contributed by atoms with E-state index in [1.807, 2.05) is 31.2 Å². The topological polar surface area (TPSA) is 62.4 Å². The molecule has 0 fully saturated rings. The van der Waals surface area contributed by atoms with Gasteiger partial charge in [-0.3, -0.25) is 10.7 Å². The van der Waals surface area contributed by atoms with Crippen molar-refractivity contribution >= 4 is 5.71 Å². The van der Waals surface area contributed by atoms with Gasteiger partial charge in [0, 0.05) is 12.3 Å². The Hall–Kier alpha value is -1.81. The van der Waals surface area contributed by atoms with Crippen molar-refractivity contribution in [3.8, 4) is 0 Å². The lowest BCUT2D eigenvalue weighted by Gasteiger charge is -2.20. The van der Waals surface area contributed by atoms with Crippen LogP contribution in [0.25, 0.3) is 0 Å². The number of allylic oxidation sites excluding steroid dienone is 1. The summed E-state index contributed by atoms with van der Waals surface area (Å²) in [5, 5.41) is 6.35. The summed E-state index contributed by atoms with van der Waals surface area (Å²) in [5.41, 5.74) is 7.87. The number of benzene rings is 1. The van der Waals surface area contributed by atoms with Crippen molar-refractivity contribution in [2.45, 2.75) is 19.8 Å². The number of aliphatic imine (C=N–C) groups is 1. The Kier molecular flexibility index (Phi) is 3.22. The molecule has 1 heterocycles. The number of hydrogen-bond acceptors (Lipinski definition) is 4. The maximum Gasteiger partial charge on any atom is 0.172 e. The van der Waals surface area contributed by atoms with Gasteiger partial charge in [0.25, 0.3) is 0 Å². The van der Waals surface area contributed by atoms with Gasteiger partial charge >= 0.3 is 0 Å². The number of hydrogen-bond donors (Lipinski definition) is 3. The van der Waals surface area contributed by atoms with Gasteiger partial charge in [0.2, 0.25) is 0 Å². The predicted octanol–water partition coefficient (Wildman–Crippen LogP) is 0.924. The van der Waals surface area contributed by atoms with Crippen LogP contribution < -0.4 is 16.4 Å². The number of rotatable bonds is 3. The van der Waals surface area contributed by atoms with Crippen molar-refractivity contribution < 1.29 is 0 Å². The zero-order chi connectivity index (χ0) is 11.4. The van der Waals surface area contributed by atoms with Crippen LogP contribution in [0, 0.1) is 0 Å². The van der Waals surface area contributed by atoms with Gasteiger partial charge in [0.05, 0.1) is 0 Å². The Morgan fingerprint density at radius 3 is 2.81 bits per heavy atom. The monoisotopic (exact) mass is 216 g/mol. The largest absolute Gasteiger partial charge is 0.368 e. The zero-order valence-electron chi connectivity index (χ0n) is 9.27. The number of nitrogens with two attached hydrogens (primary N) is 1. The van der Waals surface area contributed by atoms with Crippen molar-refractivity contribution in [1.29, 1.82) is 0 Å². The molecular formula is C12H16N4. The average molecular weight is 216 g/mol. The molecule has 0 radical (unpaired) electrons. The molecule has 0 aromatic heterocycles. The van der Waals surface area contributed by atoms with E-state index in [2.05, 4.69) is 27.8 Å². The molecule has 1 aliphatic heterocycles. The molecule has 2 rings (SSSR count). The summed E-state index contributed by atoms with van der Waals surface area (Å²) in [5.74, 6) is 0.920. The summed E-state index contributed by atoms with van der Waals surface area (Å²) in [4.78, 5) is 4.15. The minimum Gasteiger partial charge on any atom is -0.368 e. The van der Waals surface area contributed by atoms with Gasteiger partial charge in [-0.2, -0.15) is 0 Å². The molecule has 0 bridgehead atoms. The molecule has 1 aromatic rings. The lowest BCUT2D eigenvalue weighted by atomic mass is 10.2. The van der Waals surface area contributed by atoms with Crippen molar-refractivity contribution in [3.63, 3.8) is 0 Å². The second-order valence-corrected chi connectivity index (χ2v) is 3.76. The Balaban J connectivity index is 1.94. The summed E-state index contributed by atoms with van der Waals surface area (Å²) in [6.45, 7) is 2.71. The Morgan fingerprint density at radius 2 is 2.12 bits per heavy atom. The van der Waals surface area contributed by atoms with Gasteiger partial charge in [0.1, 0.15) is 5.82 Å². The molecule has 16 heavy (non-hydrogen) atoms. The van der Waals surface area contributed by atoms with E-state index in [1.165, 1.54) is 5.56 Å². The van der Waals surface area contributed by atoms with E-state index in [9.17, 15) is 0 Å². The van der Waals surface area contributed by atoms with E-state index in [0.29, 0.717) is 0 Å². The van der Waals surface area contributed by atoms with Gasteiger partial charge in [0.15, 0.2) is 6.29 Å². The molecule has 4 heteroatoms. The highest BCUT2D eigenvalue weighted by Gasteiger charge is 2.08. The van der Waals surface area contributed by atoms with E-state index < -0.39 is 0 Å². The Labute approximate surface area is 95.3 Å². The van der Waals surface area contributed by atoms with Gasteiger partial charge in [-0.1, -0.05) is 30.3 Å². The third-order valence-electron chi connectivity index (χ3n) is 2.33. The van der Waals surface area contributed by atoms with Crippen LogP contribution in [-0.4, -0.2) is 12.0 Å². The van der Waals surface area contributed by atoms with E-state index in [4.69, 9.17) is 5.73 Å². The first-order chi connectivity index (χ1) is 7.74. The molecule has 84 valence electrons. The van der Waals surface area contributed by atoms with Crippen LogP contribution in [0.4, 0.5) is 0 Å². The normalized spacial score (nSPS) is 19.5. The van der Waals surface area contributed by atoms with E-state index in [-0.39, 0.29) is 6.29 Å². The Bertz CT molecular complexity index is 408. The first-order valence-corrected chi connectivity index (χ1v) is 5.30. The molecule has 4 nitrogen and oxygen atoms in total. The third kappa shape index (κ3) is 2.84. The van der Waals surface area contributed by atoms with Crippen LogP contribution in [0.5, 0.6) is 0 Å². The van der Waals surface area contributed by atoms with Crippen molar-refractivity contribution in [1.82, 2.24) is 10.6 Å². The fourth-order valence-electron chi connectivity index (χ4n) is 1.59. The summed E-state index contributed by atoms with van der Waals surface area (Å²) in [7, 11) is 0. The smallest absolute Gasteiger partial charge is 0.172 e. The highest BCUT2D eigenvalue weighted by atomic mass is 15.2. The molecule has 4 N–H and O–H groups in total. The van der Waals surface area contributed by atoms with Crippen molar-refractivity contribution in [2.24, 2.45) is 10.7 Å². The van der Waals surface area contributed by atoms with Crippen LogP contribution in [0.1, 0.15) is 12.5 Å². The summed E-state index contributed by atoms with van der Waals surface area (Å²) in [6, 6.07) is 10.2. The molecule has 0 amide bonds. The van der Waals surface area contributed by atoms with Gasteiger partial charge in [-0.05, 0) is 18.6 Å². The molecule has 0 saturated heterocycles. The predicted molar refractivity (Wildman–Crippen MR) is 65.6 cm³/mol. The van der Waals surface area contributed by atoms with Crippen LogP contribution in [-0.2, 0) is 6.54 Å². The molecule has 1 aliphatic rings. The molecule has 0 spiro atoms. The molecular weight excluding hydrogens is 200 g/mol. The summed E-state index contributed by atoms with van der Waals surface area (Å²) >= 11 is 0. The standard InChI is InChI=1S/C12H16N4/c1-9-7-11(16-12(13)15-9)14-8-10-5-3-2-4-6-10/h2-7,12,14,16H,8,13H2,1H3. The quantitative estimate of drug-likeness (QED) is 0.704. The summed E-state index contributed by atoms with van der Waals surface area (Å²) < 4.78 is 0. The van der Waals surface area contributed by atoms with E-state index >= 15 is 0 Å². The minimum atomic E-state index is -0.344. The third-order valence-corrected chi connectivity index (χ3v) is 2.33. The highest BCUT2D eigenvalue weighted by Crippen LogP contribution is 2.01. The number of nitrogens with one attached hydrogen (secondary N) is 2. The second-order valence-electron chi connectivity index (χ2n) is 3.76. The first kappa shape index (κ1) is 10.7. The maximum atomic E-state index is 5.71. The summed E-state index contributed by atoms with van der Waals surface area (Å²) in [6.07, 6.45) is 1.61. The van der Waals surface area contributed by atoms with Gasteiger partial charge in [-0.25, -0.2) is 0 Å². The van der Waals surface area contributed by atoms with E-state index in [0.717, 1.165) is 18.1 Å². The van der Waals surface area contributed by atoms with Crippen molar-refractivity contribution in [3.05, 3.63) is 47.8 Å². The maximum absolute atomic E-state index is 5.71. The fraction of sp³-hybridized carbons (Fsp3) is 0.250. The molecule has 1 aromatic carbocycles. The van der Waals surface area contributed by atoms with Crippen LogP contribution >= 0.6 is 0 Å². The van der Waals surface area contributed by atoms with Crippen LogP contribution in [0.2, 0.25) is 0 Å². The zero-order valence-corrected chi connectivity index (χ0v) is 9.27. The molecule has 0 saturated carbocycles. The Morgan fingerprint density at radius 1 is 1.38 bits per heavy atom. The number of nitrogens with zero attached hydrogens (tertiary/aromatic N) is 1. The SMILES string of the molecule is CC1=NC(N)NC(NCc2ccccc2)=C1. The lowest BCUT2D eigenvalue weighted by molar-refractivity contribution is 0.562. The van der Waals surface area contributed by atoms with Gasteiger partial charge in [-0.15, -0.1) is 0 Å². The van der Waals surface area contributed by atoms with E-state index in [1.54, 1.807) is 0 Å².